The fourth-order valence-electron chi connectivity index (χ4n) is 1.60. The van der Waals surface area contributed by atoms with Crippen molar-refractivity contribution in [3.8, 4) is 22.6 Å². The Morgan fingerprint density at radius 1 is 1.24 bits per heavy atom. The highest BCUT2D eigenvalue weighted by Crippen LogP contribution is 2.28. The molecule has 2 N–H and O–H groups in total. The van der Waals surface area contributed by atoms with E-state index in [2.05, 4.69) is 30.8 Å². The van der Waals surface area contributed by atoms with E-state index in [1.807, 2.05) is 24.3 Å². The Hall–Kier alpha value is -2.21. The van der Waals surface area contributed by atoms with Gasteiger partial charge in [-0.3, -0.25) is 5.10 Å². The number of aromatic nitrogens is 6. The molecule has 0 aliphatic heterocycles. The van der Waals surface area contributed by atoms with Gasteiger partial charge in [0, 0.05) is 10.6 Å². The average molecular weight is 247 g/mol. The molecule has 2 aromatic heterocycles. The van der Waals surface area contributed by atoms with E-state index in [9.17, 15) is 0 Å². The molecule has 0 radical (unpaired) electrons. The Morgan fingerprint density at radius 2 is 2.18 bits per heavy atom. The highest BCUT2D eigenvalue weighted by atomic mass is 35.5. The Balaban J connectivity index is 2.14. The van der Waals surface area contributed by atoms with Gasteiger partial charge in [-0.2, -0.15) is 10.3 Å². The molecule has 0 fully saturated rings. The van der Waals surface area contributed by atoms with Crippen LogP contribution in [0.4, 0.5) is 0 Å². The predicted octanol–water partition coefficient (Wildman–Crippen LogP) is 1.91. The van der Waals surface area contributed by atoms with Crippen LogP contribution in [-0.2, 0) is 0 Å². The SMILES string of the molecule is Clc1cccc(-c2cn[nH]c2-c2nn[nH]n2)c1. The van der Waals surface area contributed by atoms with Gasteiger partial charge in [-0.15, -0.1) is 10.2 Å². The highest BCUT2D eigenvalue weighted by Gasteiger charge is 2.13. The van der Waals surface area contributed by atoms with Gasteiger partial charge < -0.3 is 0 Å². The summed E-state index contributed by atoms with van der Waals surface area (Å²) in [6.07, 6.45) is 1.71. The standard InChI is InChI=1S/C10H7ClN6/c11-7-3-1-2-6(4-7)8-5-12-13-9(8)10-14-16-17-15-10/h1-5H,(H,12,13)(H,14,15,16,17). The lowest BCUT2D eigenvalue weighted by atomic mass is 10.1. The van der Waals surface area contributed by atoms with Gasteiger partial charge in [0.05, 0.1) is 6.20 Å². The summed E-state index contributed by atoms with van der Waals surface area (Å²) in [6, 6.07) is 7.50. The first-order chi connectivity index (χ1) is 8.34. The van der Waals surface area contributed by atoms with Gasteiger partial charge in [-0.1, -0.05) is 23.7 Å². The van der Waals surface area contributed by atoms with Gasteiger partial charge in [-0.05, 0) is 22.9 Å². The summed E-state index contributed by atoms with van der Waals surface area (Å²) in [5.74, 6) is 0.470. The van der Waals surface area contributed by atoms with Crippen LogP contribution < -0.4 is 0 Å². The summed E-state index contributed by atoms with van der Waals surface area (Å²) in [4.78, 5) is 0. The fraction of sp³-hybridized carbons (Fsp3) is 0. The molecule has 3 aromatic rings. The zero-order valence-electron chi connectivity index (χ0n) is 8.55. The number of H-pyrrole nitrogens is 2. The van der Waals surface area contributed by atoms with Crippen molar-refractivity contribution >= 4 is 11.6 Å². The minimum Gasteiger partial charge on any atom is -0.274 e. The number of nitrogens with zero attached hydrogens (tertiary/aromatic N) is 4. The van der Waals surface area contributed by atoms with Gasteiger partial charge in [-0.25, -0.2) is 0 Å². The normalized spacial score (nSPS) is 10.6. The number of halogens is 1. The van der Waals surface area contributed by atoms with Gasteiger partial charge in [0.25, 0.3) is 0 Å². The van der Waals surface area contributed by atoms with E-state index in [4.69, 9.17) is 11.6 Å². The van der Waals surface area contributed by atoms with Crippen molar-refractivity contribution in [2.24, 2.45) is 0 Å². The van der Waals surface area contributed by atoms with Crippen molar-refractivity contribution in [3.63, 3.8) is 0 Å². The number of aromatic amines is 2. The lowest BCUT2D eigenvalue weighted by Gasteiger charge is -2.00. The molecule has 0 unspecified atom stereocenters. The van der Waals surface area contributed by atoms with Crippen molar-refractivity contribution in [3.05, 3.63) is 35.5 Å². The molecule has 1 aromatic carbocycles. The highest BCUT2D eigenvalue weighted by molar-refractivity contribution is 6.30. The Bertz CT molecular complexity index is 630. The molecule has 0 atom stereocenters. The molecular formula is C10H7ClN6. The quantitative estimate of drug-likeness (QED) is 0.724. The molecular weight excluding hydrogens is 240 g/mol. The number of nitrogens with one attached hydrogen (secondary N) is 2. The van der Waals surface area contributed by atoms with Crippen LogP contribution in [0.5, 0.6) is 0 Å². The second-order valence-electron chi connectivity index (χ2n) is 3.40. The molecule has 0 saturated carbocycles. The smallest absolute Gasteiger partial charge is 0.223 e. The molecule has 0 amide bonds. The fourth-order valence-corrected chi connectivity index (χ4v) is 1.79. The van der Waals surface area contributed by atoms with Crippen molar-refractivity contribution < 1.29 is 0 Å². The number of hydrogen-bond donors (Lipinski definition) is 2. The summed E-state index contributed by atoms with van der Waals surface area (Å²) in [5, 5.41) is 21.3. The molecule has 84 valence electrons. The van der Waals surface area contributed by atoms with Crippen LogP contribution in [0.1, 0.15) is 0 Å². The topological polar surface area (TPSA) is 83.1 Å². The summed E-state index contributed by atoms with van der Waals surface area (Å²) in [5.41, 5.74) is 2.54. The van der Waals surface area contributed by atoms with Gasteiger partial charge in [0.2, 0.25) is 5.82 Å². The van der Waals surface area contributed by atoms with E-state index in [0.29, 0.717) is 16.5 Å². The van der Waals surface area contributed by atoms with Crippen LogP contribution in [0, 0.1) is 0 Å². The van der Waals surface area contributed by atoms with Crippen LogP contribution in [-0.4, -0.2) is 30.8 Å². The molecule has 0 aliphatic rings. The molecule has 3 rings (SSSR count). The zero-order valence-corrected chi connectivity index (χ0v) is 9.31. The van der Waals surface area contributed by atoms with Crippen molar-refractivity contribution in [2.45, 2.75) is 0 Å². The molecule has 0 spiro atoms. The van der Waals surface area contributed by atoms with E-state index < -0.39 is 0 Å². The van der Waals surface area contributed by atoms with Crippen molar-refractivity contribution in [1.82, 2.24) is 30.8 Å². The van der Waals surface area contributed by atoms with Crippen LogP contribution in [0.25, 0.3) is 22.6 Å². The maximum absolute atomic E-state index is 5.96. The van der Waals surface area contributed by atoms with Gasteiger partial charge >= 0.3 is 0 Å². The van der Waals surface area contributed by atoms with E-state index in [0.717, 1.165) is 11.1 Å². The molecule has 2 heterocycles. The number of benzene rings is 1. The summed E-state index contributed by atoms with van der Waals surface area (Å²) < 4.78 is 0. The third-order valence-corrected chi connectivity index (χ3v) is 2.58. The van der Waals surface area contributed by atoms with Gasteiger partial charge in [0.15, 0.2) is 0 Å². The maximum atomic E-state index is 5.96. The summed E-state index contributed by atoms with van der Waals surface area (Å²) in [7, 11) is 0. The molecule has 0 aliphatic carbocycles. The second-order valence-corrected chi connectivity index (χ2v) is 3.84. The lowest BCUT2D eigenvalue weighted by molar-refractivity contribution is 0.881. The first-order valence-corrected chi connectivity index (χ1v) is 5.25. The Morgan fingerprint density at radius 3 is 2.94 bits per heavy atom. The van der Waals surface area contributed by atoms with Crippen LogP contribution >= 0.6 is 11.6 Å². The number of hydrogen-bond acceptors (Lipinski definition) is 4. The minimum atomic E-state index is 0.470. The van der Waals surface area contributed by atoms with E-state index in [-0.39, 0.29) is 0 Å². The first kappa shape index (κ1) is 9.98. The Kier molecular flexibility index (Phi) is 2.34. The Labute approximate surface area is 101 Å². The van der Waals surface area contributed by atoms with Gasteiger partial charge in [0.1, 0.15) is 5.69 Å². The number of rotatable bonds is 2. The van der Waals surface area contributed by atoms with Crippen LogP contribution in [0.3, 0.4) is 0 Å². The molecule has 6 nitrogen and oxygen atoms in total. The zero-order chi connectivity index (χ0) is 11.7. The van der Waals surface area contributed by atoms with Crippen LogP contribution in [0.15, 0.2) is 30.5 Å². The van der Waals surface area contributed by atoms with E-state index >= 15 is 0 Å². The third kappa shape index (κ3) is 1.78. The van der Waals surface area contributed by atoms with Crippen molar-refractivity contribution in [2.75, 3.05) is 0 Å². The van der Waals surface area contributed by atoms with Crippen molar-refractivity contribution in [1.29, 1.82) is 0 Å². The summed E-state index contributed by atoms with van der Waals surface area (Å²) >= 11 is 5.96. The average Bonchev–Trinajstić information content (AvgIpc) is 3.00. The molecule has 0 saturated heterocycles. The third-order valence-electron chi connectivity index (χ3n) is 2.34. The largest absolute Gasteiger partial charge is 0.274 e. The lowest BCUT2D eigenvalue weighted by Crippen LogP contribution is -1.85. The van der Waals surface area contributed by atoms with E-state index in [1.54, 1.807) is 6.20 Å². The second kappa shape index (κ2) is 3.99. The monoisotopic (exact) mass is 246 g/mol. The predicted molar refractivity (Wildman–Crippen MR) is 62.2 cm³/mol. The number of tetrazole rings is 1. The molecule has 17 heavy (non-hydrogen) atoms. The molecule has 7 heteroatoms. The summed E-state index contributed by atoms with van der Waals surface area (Å²) in [6.45, 7) is 0. The van der Waals surface area contributed by atoms with E-state index in [1.165, 1.54) is 0 Å². The maximum Gasteiger partial charge on any atom is 0.223 e. The first-order valence-electron chi connectivity index (χ1n) is 4.88. The molecule has 0 bridgehead atoms. The van der Waals surface area contributed by atoms with Crippen LogP contribution in [0.2, 0.25) is 5.02 Å². The minimum absolute atomic E-state index is 0.470.